The van der Waals surface area contributed by atoms with Gasteiger partial charge in [0, 0.05) is 38.1 Å². The topological polar surface area (TPSA) is 60.5 Å². The highest BCUT2D eigenvalue weighted by atomic mass is 19.1. The number of carbonyl (C=O) groups is 1. The van der Waals surface area contributed by atoms with E-state index in [1.54, 1.807) is 12.3 Å². The van der Waals surface area contributed by atoms with Crippen LogP contribution in [-0.2, 0) is 0 Å². The van der Waals surface area contributed by atoms with Crippen LogP contribution in [0.1, 0.15) is 12.8 Å². The van der Waals surface area contributed by atoms with Gasteiger partial charge in [0.25, 0.3) is 0 Å². The second-order valence-corrected chi connectivity index (χ2v) is 7.78. The number of carbonyl (C=O) groups excluding carboxylic acids is 1. The van der Waals surface area contributed by atoms with E-state index in [0.29, 0.717) is 17.9 Å². The van der Waals surface area contributed by atoms with Gasteiger partial charge in [0.1, 0.15) is 5.82 Å². The average Bonchev–Trinajstić information content (AvgIpc) is 2.80. The second-order valence-electron chi connectivity index (χ2n) is 7.78. The van der Waals surface area contributed by atoms with Gasteiger partial charge >= 0.3 is 6.03 Å². The lowest BCUT2D eigenvalue weighted by Crippen LogP contribution is -2.47. The smallest absolute Gasteiger partial charge is 0.319 e. The van der Waals surface area contributed by atoms with Gasteiger partial charge in [-0.25, -0.2) is 9.18 Å². The van der Waals surface area contributed by atoms with Crippen molar-refractivity contribution in [2.75, 3.05) is 49.5 Å². The molecule has 2 aromatic carbocycles. The highest BCUT2D eigenvalue weighted by Gasteiger charge is 2.18. The second kappa shape index (κ2) is 10.2. The first-order valence-electron chi connectivity index (χ1n) is 10.8. The Morgan fingerprint density at radius 2 is 1.77 bits per heavy atom. The Hall–Kier alpha value is -3.19. The fourth-order valence-corrected chi connectivity index (χ4v) is 3.90. The fraction of sp³-hybridized carbons (Fsp3) is 0.333. The molecule has 0 radical (unpaired) electrons. The summed E-state index contributed by atoms with van der Waals surface area (Å²) in [7, 11) is 0. The summed E-state index contributed by atoms with van der Waals surface area (Å²) in [5.41, 5.74) is 2.28. The maximum absolute atomic E-state index is 13.9. The number of aromatic nitrogens is 1. The van der Waals surface area contributed by atoms with E-state index in [1.807, 2.05) is 42.5 Å². The van der Waals surface area contributed by atoms with Crippen molar-refractivity contribution in [1.29, 1.82) is 0 Å². The Labute approximate surface area is 182 Å². The number of halogens is 1. The van der Waals surface area contributed by atoms with Crippen LogP contribution in [0.25, 0.3) is 10.9 Å². The molecular weight excluding hydrogens is 393 g/mol. The lowest BCUT2D eigenvalue weighted by molar-refractivity contribution is 0.246. The van der Waals surface area contributed by atoms with Crippen LogP contribution in [0.15, 0.2) is 60.8 Å². The Bertz CT molecular complexity index is 1020. The molecule has 0 aliphatic carbocycles. The minimum Gasteiger partial charge on any atom is -0.367 e. The van der Waals surface area contributed by atoms with Crippen molar-refractivity contribution in [3.05, 3.63) is 66.6 Å². The van der Waals surface area contributed by atoms with Crippen LogP contribution >= 0.6 is 0 Å². The van der Waals surface area contributed by atoms with E-state index >= 15 is 0 Å². The maximum Gasteiger partial charge on any atom is 0.319 e. The van der Waals surface area contributed by atoms with Crippen LogP contribution in [0.5, 0.6) is 0 Å². The lowest BCUT2D eigenvalue weighted by Gasteiger charge is -2.36. The highest BCUT2D eigenvalue weighted by Crippen LogP contribution is 2.20. The van der Waals surface area contributed by atoms with E-state index in [-0.39, 0.29) is 11.8 Å². The summed E-state index contributed by atoms with van der Waals surface area (Å²) in [5, 5.41) is 6.74. The van der Waals surface area contributed by atoms with Gasteiger partial charge in [-0.1, -0.05) is 30.3 Å². The van der Waals surface area contributed by atoms with Gasteiger partial charge in [-0.05, 0) is 43.7 Å². The number of amides is 2. The molecule has 0 saturated carbocycles. The molecule has 31 heavy (non-hydrogen) atoms. The maximum atomic E-state index is 13.9. The van der Waals surface area contributed by atoms with E-state index < -0.39 is 0 Å². The van der Waals surface area contributed by atoms with Gasteiger partial charge in [0.2, 0.25) is 0 Å². The molecule has 0 unspecified atom stereocenters. The molecule has 1 aliphatic rings. The largest absolute Gasteiger partial charge is 0.367 e. The van der Waals surface area contributed by atoms with Gasteiger partial charge in [-0.15, -0.1) is 0 Å². The van der Waals surface area contributed by atoms with E-state index in [9.17, 15) is 9.18 Å². The van der Waals surface area contributed by atoms with E-state index in [4.69, 9.17) is 0 Å². The van der Waals surface area contributed by atoms with Crippen molar-refractivity contribution >= 4 is 28.3 Å². The fourth-order valence-electron chi connectivity index (χ4n) is 3.90. The van der Waals surface area contributed by atoms with Crippen LogP contribution in [0.4, 0.5) is 20.6 Å². The molecule has 2 heterocycles. The quantitative estimate of drug-likeness (QED) is 0.564. The third kappa shape index (κ3) is 5.70. The number of hydrogen-bond acceptors (Lipinski definition) is 4. The van der Waals surface area contributed by atoms with Crippen molar-refractivity contribution in [3.63, 3.8) is 0 Å². The Kier molecular flexibility index (Phi) is 6.94. The Morgan fingerprint density at radius 3 is 2.61 bits per heavy atom. The molecule has 3 aromatic rings. The predicted molar refractivity (Wildman–Crippen MR) is 123 cm³/mol. The number of rotatable bonds is 7. The van der Waals surface area contributed by atoms with Crippen LogP contribution < -0.4 is 15.5 Å². The van der Waals surface area contributed by atoms with Crippen LogP contribution in [0.2, 0.25) is 0 Å². The third-order valence-electron chi connectivity index (χ3n) is 5.60. The molecule has 1 saturated heterocycles. The number of unbranched alkanes of at least 4 members (excludes halogenated alkanes) is 1. The van der Waals surface area contributed by atoms with Crippen LogP contribution in [0, 0.1) is 5.82 Å². The zero-order chi connectivity index (χ0) is 21.5. The number of hydrogen-bond donors (Lipinski definition) is 2. The molecule has 2 amide bonds. The Balaban J connectivity index is 1.11. The summed E-state index contributed by atoms with van der Waals surface area (Å²) < 4.78 is 13.9. The average molecular weight is 422 g/mol. The first-order valence-corrected chi connectivity index (χ1v) is 10.8. The number of benzene rings is 2. The third-order valence-corrected chi connectivity index (χ3v) is 5.60. The Morgan fingerprint density at radius 1 is 1.00 bits per heavy atom. The minimum absolute atomic E-state index is 0.153. The molecule has 1 aromatic heterocycles. The number of pyridine rings is 1. The number of urea groups is 1. The zero-order valence-electron chi connectivity index (χ0n) is 17.6. The summed E-state index contributed by atoms with van der Waals surface area (Å²) in [4.78, 5) is 21.0. The molecule has 6 nitrogen and oxygen atoms in total. The summed E-state index contributed by atoms with van der Waals surface area (Å²) >= 11 is 0. The summed E-state index contributed by atoms with van der Waals surface area (Å²) in [6, 6.07) is 16.5. The number of nitrogens with zero attached hydrogens (tertiary/aromatic N) is 3. The van der Waals surface area contributed by atoms with Crippen LogP contribution in [0.3, 0.4) is 0 Å². The predicted octanol–water partition coefficient (Wildman–Crippen LogP) is 4.10. The number of fused-ring (bicyclic) bond motifs is 1. The van der Waals surface area contributed by atoms with Gasteiger partial charge in [0.05, 0.1) is 23.1 Å². The van der Waals surface area contributed by atoms with Crippen molar-refractivity contribution in [2.24, 2.45) is 0 Å². The first-order chi connectivity index (χ1) is 15.2. The number of nitrogens with one attached hydrogen (secondary N) is 2. The molecule has 0 bridgehead atoms. The molecule has 4 rings (SSSR count). The van der Waals surface area contributed by atoms with E-state index in [0.717, 1.165) is 56.5 Å². The van der Waals surface area contributed by atoms with E-state index in [2.05, 4.69) is 25.4 Å². The van der Waals surface area contributed by atoms with Gasteiger partial charge in [-0.2, -0.15) is 0 Å². The molecule has 0 spiro atoms. The molecule has 0 atom stereocenters. The summed E-state index contributed by atoms with van der Waals surface area (Å²) in [6.07, 6.45) is 3.59. The van der Waals surface area contributed by atoms with Gasteiger partial charge in [0.15, 0.2) is 0 Å². The van der Waals surface area contributed by atoms with Crippen molar-refractivity contribution < 1.29 is 9.18 Å². The molecular formula is C24H28FN5O. The molecule has 1 fully saturated rings. The summed E-state index contributed by atoms with van der Waals surface area (Å²) in [6.45, 7) is 5.14. The lowest BCUT2D eigenvalue weighted by atomic mass is 10.2. The standard InChI is InChI=1S/C24H28FN5O/c25-21-8-2-4-10-23(21)30-15-13-29(14-16-30)12-6-5-11-26-24(31)28-20-17-19-7-1-3-9-22(19)27-18-20/h1-4,7-10,17-18H,5-6,11-16H2,(H2,26,28,31). The molecule has 2 N–H and O–H groups in total. The highest BCUT2D eigenvalue weighted by molar-refractivity contribution is 5.91. The number of para-hydroxylation sites is 2. The number of anilines is 2. The van der Waals surface area contributed by atoms with Crippen molar-refractivity contribution in [2.45, 2.75) is 12.8 Å². The molecule has 1 aliphatic heterocycles. The number of piperazine rings is 1. The van der Waals surface area contributed by atoms with E-state index in [1.165, 1.54) is 6.07 Å². The molecule has 162 valence electrons. The van der Waals surface area contributed by atoms with Crippen molar-refractivity contribution in [1.82, 2.24) is 15.2 Å². The minimum atomic E-state index is -0.212. The SMILES string of the molecule is O=C(NCCCCN1CCN(c2ccccc2F)CC1)Nc1cnc2ccccc2c1. The monoisotopic (exact) mass is 421 g/mol. The van der Waals surface area contributed by atoms with Gasteiger partial charge in [-0.3, -0.25) is 9.88 Å². The van der Waals surface area contributed by atoms with Crippen LogP contribution in [-0.4, -0.2) is 55.2 Å². The van der Waals surface area contributed by atoms with Gasteiger partial charge < -0.3 is 15.5 Å². The van der Waals surface area contributed by atoms with Crippen molar-refractivity contribution in [3.8, 4) is 0 Å². The zero-order valence-corrected chi connectivity index (χ0v) is 17.6. The normalized spacial score (nSPS) is 14.5. The summed E-state index contributed by atoms with van der Waals surface area (Å²) in [5.74, 6) is -0.153. The molecule has 7 heteroatoms. The first kappa shape index (κ1) is 21.1.